The molecule has 4 N–H and O–H groups in total. The van der Waals surface area contributed by atoms with Crippen LogP contribution in [-0.4, -0.2) is 56.6 Å². The highest BCUT2D eigenvalue weighted by Gasteiger charge is 2.15. The third kappa shape index (κ3) is 6.06. The number of pyridine rings is 2. The predicted octanol–water partition coefficient (Wildman–Crippen LogP) is 2.97. The summed E-state index contributed by atoms with van der Waals surface area (Å²) >= 11 is 0. The Morgan fingerprint density at radius 3 is 2.45 bits per heavy atom. The Morgan fingerprint density at radius 1 is 1.12 bits per heavy atom. The van der Waals surface area contributed by atoms with Crippen LogP contribution in [0.2, 0.25) is 0 Å². The Kier molecular flexibility index (Phi) is 8.34. The number of quaternary nitrogens is 1. The Bertz CT molecular complexity index is 1110. The van der Waals surface area contributed by atoms with E-state index in [1.807, 2.05) is 55.0 Å². The summed E-state index contributed by atoms with van der Waals surface area (Å²) in [5.74, 6) is 2.23. The number of anilines is 2. The molecule has 0 spiro atoms. The van der Waals surface area contributed by atoms with Crippen LogP contribution in [0.15, 0.2) is 48.8 Å². The zero-order valence-corrected chi connectivity index (χ0v) is 19.9. The number of hydrogen-bond acceptors (Lipinski definition) is 7. The minimum absolute atomic E-state index is 0.379. The molecule has 33 heavy (non-hydrogen) atoms. The smallest absolute Gasteiger partial charge is 0.133 e. The van der Waals surface area contributed by atoms with Crippen LogP contribution in [0.25, 0.3) is 16.6 Å². The standard InChI is InChI=1S/C25H32N6O2/c1-17(2)28-8-9-31(20-11-21(32-4)13-22(12-20)33-5)25-7-6-23-24(30-25)10-18(16-29-23)19(14-26)15-27-3/h6-7,10-17,26-28H,8-9H2,1-5H3/p+1/b19-15+,26-14?. The fraction of sp³-hybridized carbons (Fsp3) is 0.320. The van der Waals surface area contributed by atoms with Gasteiger partial charge in [-0.1, -0.05) is 13.8 Å². The fourth-order valence-electron chi connectivity index (χ4n) is 3.50. The summed E-state index contributed by atoms with van der Waals surface area (Å²) in [4.78, 5) is 11.6. The first kappa shape index (κ1) is 24.2. The molecule has 0 unspecified atom stereocenters. The second-order valence-electron chi connectivity index (χ2n) is 7.86. The molecule has 0 radical (unpaired) electrons. The largest absolute Gasteiger partial charge is 0.497 e. The molecule has 8 heteroatoms. The van der Waals surface area contributed by atoms with E-state index in [4.69, 9.17) is 19.9 Å². The quantitative estimate of drug-likeness (QED) is 0.389. The molecule has 0 aliphatic carbocycles. The normalized spacial score (nSPS) is 11.6. The minimum Gasteiger partial charge on any atom is -0.497 e. The van der Waals surface area contributed by atoms with Crippen molar-refractivity contribution in [1.82, 2.24) is 15.3 Å². The number of methoxy groups -OCH3 is 2. The Hall–Kier alpha value is -3.49. The van der Waals surface area contributed by atoms with Gasteiger partial charge in [-0.15, -0.1) is 0 Å². The molecule has 0 saturated carbocycles. The van der Waals surface area contributed by atoms with Crippen LogP contribution in [0.5, 0.6) is 11.5 Å². The van der Waals surface area contributed by atoms with Gasteiger partial charge in [-0.3, -0.25) is 4.98 Å². The van der Waals surface area contributed by atoms with E-state index in [-0.39, 0.29) is 0 Å². The number of ether oxygens (including phenoxy) is 2. The first-order chi connectivity index (χ1) is 16.0. The summed E-state index contributed by atoms with van der Waals surface area (Å²) in [5, 5.41) is 13.1. The van der Waals surface area contributed by atoms with Crippen LogP contribution in [0.4, 0.5) is 11.5 Å². The van der Waals surface area contributed by atoms with E-state index in [9.17, 15) is 0 Å². The Morgan fingerprint density at radius 2 is 1.85 bits per heavy atom. The maximum Gasteiger partial charge on any atom is 0.133 e. The van der Waals surface area contributed by atoms with Crippen LogP contribution >= 0.6 is 0 Å². The van der Waals surface area contributed by atoms with Gasteiger partial charge in [0.25, 0.3) is 0 Å². The first-order valence-electron chi connectivity index (χ1n) is 11.0. The fourth-order valence-corrected chi connectivity index (χ4v) is 3.50. The predicted molar refractivity (Wildman–Crippen MR) is 134 cm³/mol. The summed E-state index contributed by atoms with van der Waals surface area (Å²) in [7, 11) is 5.22. The second-order valence-corrected chi connectivity index (χ2v) is 7.86. The molecule has 0 aliphatic heterocycles. The number of nitrogens with two attached hydrogens (primary N) is 1. The summed E-state index contributed by atoms with van der Waals surface area (Å²) in [6.07, 6.45) is 5.01. The molecule has 0 aliphatic rings. The molecule has 3 rings (SSSR count). The van der Waals surface area contributed by atoms with Crippen molar-refractivity contribution in [2.75, 3.05) is 39.3 Å². The van der Waals surface area contributed by atoms with Crippen molar-refractivity contribution >= 4 is 34.3 Å². The first-order valence-corrected chi connectivity index (χ1v) is 11.0. The average Bonchev–Trinajstić information content (AvgIpc) is 2.84. The molecule has 0 bridgehead atoms. The molecule has 0 atom stereocenters. The lowest BCUT2D eigenvalue weighted by molar-refractivity contribution is -0.555. The highest BCUT2D eigenvalue weighted by molar-refractivity contribution is 6.08. The molecular weight excluding hydrogens is 416 g/mol. The highest BCUT2D eigenvalue weighted by atomic mass is 16.5. The maximum absolute atomic E-state index is 7.72. The Balaban J connectivity index is 2.07. The number of aromatic nitrogens is 2. The van der Waals surface area contributed by atoms with Gasteiger partial charge in [-0.05, 0) is 18.2 Å². The third-order valence-electron chi connectivity index (χ3n) is 5.17. The molecule has 8 nitrogen and oxygen atoms in total. The molecule has 1 aromatic carbocycles. The van der Waals surface area contributed by atoms with Crippen molar-refractivity contribution in [3.8, 4) is 11.5 Å². The van der Waals surface area contributed by atoms with Crippen molar-refractivity contribution in [2.24, 2.45) is 0 Å². The lowest BCUT2D eigenvalue weighted by Crippen LogP contribution is -2.72. The van der Waals surface area contributed by atoms with Gasteiger partial charge in [0.15, 0.2) is 0 Å². The van der Waals surface area contributed by atoms with Gasteiger partial charge in [-0.25, -0.2) is 4.98 Å². The number of fused-ring (bicyclic) bond motifs is 1. The van der Waals surface area contributed by atoms with Crippen LogP contribution in [0, 0.1) is 5.41 Å². The second kappa shape index (κ2) is 11.4. The van der Waals surface area contributed by atoms with E-state index < -0.39 is 0 Å². The molecular formula is C25H33N6O2+. The average molecular weight is 450 g/mol. The lowest BCUT2D eigenvalue weighted by atomic mass is 10.1. The number of rotatable bonds is 11. The third-order valence-corrected chi connectivity index (χ3v) is 5.17. The highest BCUT2D eigenvalue weighted by Crippen LogP contribution is 2.32. The number of allylic oxidation sites excluding steroid dienone is 1. The van der Waals surface area contributed by atoms with E-state index in [0.29, 0.717) is 24.1 Å². The molecule has 2 heterocycles. The number of benzene rings is 1. The maximum atomic E-state index is 7.72. The number of nitrogens with zero attached hydrogens (tertiary/aromatic N) is 3. The molecule has 0 amide bonds. The van der Waals surface area contributed by atoms with Gasteiger partial charge in [0.1, 0.15) is 23.5 Å². The van der Waals surface area contributed by atoms with E-state index >= 15 is 0 Å². The van der Waals surface area contributed by atoms with Gasteiger partial charge < -0.3 is 30.4 Å². The van der Waals surface area contributed by atoms with E-state index in [1.165, 1.54) is 6.21 Å². The SMILES string of the molecule is C[NH2+]/C=C(\C=N)c1cnc2ccc(N(CCNC(C)C)c3cc(OC)cc(OC)c3)nc2c1. The number of hydrogen-bond donors (Lipinski definition) is 3. The zero-order valence-electron chi connectivity index (χ0n) is 19.9. The van der Waals surface area contributed by atoms with Gasteiger partial charge in [0, 0.05) is 61.0 Å². The molecule has 3 aromatic rings. The van der Waals surface area contributed by atoms with Crippen molar-refractivity contribution in [1.29, 1.82) is 5.41 Å². The lowest BCUT2D eigenvalue weighted by Gasteiger charge is -2.26. The van der Waals surface area contributed by atoms with Crippen LogP contribution in [-0.2, 0) is 0 Å². The summed E-state index contributed by atoms with van der Waals surface area (Å²) in [6, 6.07) is 12.1. The van der Waals surface area contributed by atoms with Crippen molar-refractivity contribution in [3.05, 3.63) is 54.4 Å². The van der Waals surface area contributed by atoms with Crippen molar-refractivity contribution < 1.29 is 14.8 Å². The molecule has 0 fully saturated rings. The van der Waals surface area contributed by atoms with Gasteiger partial charge >= 0.3 is 0 Å². The van der Waals surface area contributed by atoms with Crippen molar-refractivity contribution in [2.45, 2.75) is 19.9 Å². The Labute approximate surface area is 195 Å². The summed E-state index contributed by atoms with van der Waals surface area (Å²) in [6.45, 7) is 5.74. The monoisotopic (exact) mass is 449 g/mol. The van der Waals surface area contributed by atoms with Crippen LogP contribution in [0.1, 0.15) is 19.4 Å². The number of nitrogens with one attached hydrogen (secondary N) is 2. The van der Waals surface area contributed by atoms with E-state index in [2.05, 4.69) is 29.0 Å². The molecule has 174 valence electrons. The van der Waals surface area contributed by atoms with Crippen molar-refractivity contribution in [3.63, 3.8) is 0 Å². The summed E-state index contributed by atoms with van der Waals surface area (Å²) < 4.78 is 11.0. The topological polar surface area (TPSA) is 100.0 Å². The van der Waals surface area contributed by atoms with Crippen LogP contribution in [0.3, 0.4) is 0 Å². The zero-order chi connectivity index (χ0) is 23.8. The minimum atomic E-state index is 0.379. The van der Waals surface area contributed by atoms with Gasteiger partial charge in [0.05, 0.1) is 37.9 Å². The summed E-state index contributed by atoms with van der Waals surface area (Å²) in [5.41, 5.74) is 4.14. The van der Waals surface area contributed by atoms with E-state index in [0.717, 1.165) is 40.2 Å². The molecule has 0 saturated heterocycles. The van der Waals surface area contributed by atoms with Gasteiger partial charge in [0.2, 0.25) is 0 Å². The van der Waals surface area contributed by atoms with E-state index in [1.54, 1.807) is 20.4 Å². The van der Waals surface area contributed by atoms with Gasteiger partial charge in [-0.2, -0.15) is 0 Å². The van der Waals surface area contributed by atoms with Crippen LogP contribution < -0.4 is 25.0 Å². The molecule has 2 aromatic heterocycles.